The Hall–Kier alpha value is -2.14. The molecule has 0 aromatic heterocycles. The normalized spacial score (nSPS) is 23.6. The molecule has 0 radical (unpaired) electrons. The molecule has 2 saturated heterocycles. The highest BCUT2D eigenvalue weighted by Crippen LogP contribution is 2.38. The maximum absolute atomic E-state index is 13.1. The van der Waals surface area contributed by atoms with Crippen LogP contribution >= 0.6 is 11.8 Å². The number of sulfone groups is 1. The van der Waals surface area contributed by atoms with Gasteiger partial charge in [0.05, 0.1) is 17.5 Å². The Bertz CT molecular complexity index is 974. The second kappa shape index (κ2) is 9.15. The smallest absolute Gasteiger partial charge is 0.408 e. The molecule has 1 N–H and O–H groups in total. The number of halogens is 1. The van der Waals surface area contributed by atoms with E-state index in [0.29, 0.717) is 18.1 Å². The summed E-state index contributed by atoms with van der Waals surface area (Å²) >= 11 is 1.27. The highest BCUT2D eigenvalue weighted by Gasteiger charge is 2.48. The molecule has 1 aromatic rings. The first-order valence-corrected chi connectivity index (χ1v) is 12.6. The van der Waals surface area contributed by atoms with Crippen molar-refractivity contribution in [2.45, 2.75) is 44.1 Å². The number of nitrogens with one attached hydrogen (secondary N) is 1. The minimum atomic E-state index is -3.14. The van der Waals surface area contributed by atoms with E-state index in [0.717, 1.165) is 5.56 Å². The largest absolute Gasteiger partial charge is 0.444 e. The molecule has 11 heteroatoms. The highest BCUT2D eigenvalue weighted by atomic mass is 32.2. The molecule has 2 aliphatic rings. The molecule has 2 fully saturated rings. The molecule has 2 heterocycles. The predicted molar refractivity (Wildman–Crippen MR) is 117 cm³/mol. The number of rotatable bonds is 5. The van der Waals surface area contributed by atoms with E-state index in [-0.39, 0.29) is 35.2 Å². The van der Waals surface area contributed by atoms with Gasteiger partial charge in [-0.3, -0.25) is 4.79 Å². The van der Waals surface area contributed by atoms with Crippen LogP contribution in [0.3, 0.4) is 0 Å². The summed E-state index contributed by atoms with van der Waals surface area (Å²) in [5.41, 5.74) is 0.216. The second-order valence-corrected chi connectivity index (χ2v) is 11.9. The number of amides is 2. The van der Waals surface area contributed by atoms with Gasteiger partial charge in [0.2, 0.25) is 0 Å². The number of alkyl carbamates (subject to hydrolysis) is 1. The Morgan fingerprint density at radius 1 is 1.26 bits per heavy atom. The van der Waals surface area contributed by atoms with E-state index in [1.165, 1.54) is 23.9 Å². The predicted octanol–water partition coefficient (Wildman–Crippen LogP) is 1.99. The lowest BCUT2D eigenvalue weighted by Crippen LogP contribution is -2.39. The molecule has 0 unspecified atom stereocenters. The Balaban J connectivity index is 1.67. The van der Waals surface area contributed by atoms with Crippen molar-refractivity contribution < 1.29 is 27.1 Å². The van der Waals surface area contributed by atoms with Crippen LogP contribution in [0.2, 0.25) is 0 Å². The van der Waals surface area contributed by atoms with Gasteiger partial charge in [-0.15, -0.1) is 0 Å². The Labute approximate surface area is 185 Å². The summed E-state index contributed by atoms with van der Waals surface area (Å²) in [4.78, 5) is 30.0. The van der Waals surface area contributed by atoms with Crippen molar-refractivity contribution in [1.82, 2.24) is 10.2 Å². The SMILES string of the molecule is CC(C)(C)OC(=O)NCC(=O)N=C1S[C@H]2CS(=O)(=O)C[C@@H]2N1CCc1ccc(F)cc1. The summed E-state index contributed by atoms with van der Waals surface area (Å²) in [6.07, 6.45) is -0.163. The van der Waals surface area contributed by atoms with Crippen LogP contribution in [0.15, 0.2) is 29.3 Å². The molecule has 31 heavy (non-hydrogen) atoms. The van der Waals surface area contributed by atoms with Gasteiger partial charge in [-0.2, -0.15) is 4.99 Å². The van der Waals surface area contributed by atoms with E-state index >= 15 is 0 Å². The summed E-state index contributed by atoms with van der Waals surface area (Å²) in [5, 5.41) is 2.63. The van der Waals surface area contributed by atoms with Gasteiger partial charge in [-0.1, -0.05) is 23.9 Å². The van der Waals surface area contributed by atoms with Gasteiger partial charge in [-0.25, -0.2) is 17.6 Å². The van der Waals surface area contributed by atoms with Gasteiger partial charge in [0.1, 0.15) is 18.0 Å². The zero-order valence-corrected chi connectivity index (χ0v) is 19.3. The molecular weight excluding hydrogens is 445 g/mol. The van der Waals surface area contributed by atoms with Gasteiger partial charge in [-0.05, 0) is 44.9 Å². The monoisotopic (exact) mass is 471 g/mol. The first-order chi connectivity index (χ1) is 14.4. The van der Waals surface area contributed by atoms with Crippen molar-refractivity contribution >= 4 is 38.8 Å². The number of carbonyl (C=O) groups is 2. The first-order valence-electron chi connectivity index (χ1n) is 9.88. The molecule has 170 valence electrons. The zero-order chi connectivity index (χ0) is 22.8. The number of hydrogen-bond acceptors (Lipinski definition) is 6. The first kappa shape index (κ1) is 23.5. The minimum absolute atomic E-state index is 0.0114. The number of carbonyl (C=O) groups excluding carboxylic acids is 2. The number of amidine groups is 1. The van der Waals surface area contributed by atoms with Crippen LogP contribution in [0.5, 0.6) is 0 Å². The van der Waals surface area contributed by atoms with E-state index < -0.39 is 27.4 Å². The fourth-order valence-electron chi connectivity index (χ4n) is 3.41. The average molecular weight is 472 g/mol. The topological polar surface area (TPSA) is 105 Å². The highest BCUT2D eigenvalue weighted by molar-refractivity contribution is 8.15. The second-order valence-electron chi connectivity index (χ2n) is 8.51. The van der Waals surface area contributed by atoms with Crippen molar-refractivity contribution in [3.8, 4) is 0 Å². The molecule has 0 saturated carbocycles. The van der Waals surface area contributed by atoms with Crippen LogP contribution in [0.25, 0.3) is 0 Å². The van der Waals surface area contributed by atoms with E-state index in [9.17, 15) is 22.4 Å². The lowest BCUT2D eigenvalue weighted by atomic mass is 10.1. The number of aliphatic imine (C=N–C) groups is 1. The van der Waals surface area contributed by atoms with Crippen LogP contribution in [0.1, 0.15) is 26.3 Å². The van der Waals surface area contributed by atoms with E-state index in [2.05, 4.69) is 10.3 Å². The summed E-state index contributed by atoms with van der Waals surface area (Å²) < 4.78 is 42.4. The molecule has 0 aliphatic carbocycles. The maximum Gasteiger partial charge on any atom is 0.408 e. The third kappa shape index (κ3) is 6.67. The van der Waals surface area contributed by atoms with Crippen molar-refractivity contribution in [2.75, 3.05) is 24.6 Å². The third-order valence-electron chi connectivity index (χ3n) is 4.73. The van der Waals surface area contributed by atoms with Gasteiger partial charge >= 0.3 is 6.09 Å². The molecular formula is C20H26FN3O5S2. The Morgan fingerprint density at radius 3 is 2.58 bits per heavy atom. The van der Waals surface area contributed by atoms with Gasteiger partial charge < -0.3 is 15.0 Å². The minimum Gasteiger partial charge on any atom is -0.444 e. The van der Waals surface area contributed by atoms with Gasteiger partial charge in [0.15, 0.2) is 15.0 Å². The number of fused-ring (bicyclic) bond motifs is 1. The van der Waals surface area contributed by atoms with Gasteiger partial charge in [0.25, 0.3) is 5.91 Å². The fourth-order valence-corrected chi connectivity index (χ4v) is 7.40. The van der Waals surface area contributed by atoms with Crippen LogP contribution in [-0.2, 0) is 25.8 Å². The van der Waals surface area contributed by atoms with Crippen LogP contribution in [0, 0.1) is 5.82 Å². The standard InChI is InChI=1S/C20H26FN3O5S2/c1-20(2,3)29-19(26)22-10-17(25)23-18-24(9-8-13-4-6-14(21)7-5-13)15-11-31(27,28)12-16(15)30-18/h4-7,15-16H,8-12H2,1-3H3,(H,22,26)/t15-,16-/m0/s1. The summed E-state index contributed by atoms with van der Waals surface area (Å²) in [7, 11) is -3.14. The van der Waals surface area contributed by atoms with Crippen molar-refractivity contribution in [2.24, 2.45) is 4.99 Å². The Morgan fingerprint density at radius 2 is 1.94 bits per heavy atom. The summed E-state index contributed by atoms with van der Waals surface area (Å²) in [6, 6.07) is 5.83. The molecule has 2 aliphatic heterocycles. The number of hydrogen-bond donors (Lipinski definition) is 1. The zero-order valence-electron chi connectivity index (χ0n) is 17.6. The lowest BCUT2D eigenvalue weighted by Gasteiger charge is -2.24. The summed E-state index contributed by atoms with van der Waals surface area (Å²) in [6.45, 7) is 5.28. The van der Waals surface area contributed by atoms with Crippen LogP contribution in [0.4, 0.5) is 9.18 Å². The van der Waals surface area contributed by atoms with Crippen LogP contribution in [-0.4, -0.2) is 72.0 Å². The summed E-state index contributed by atoms with van der Waals surface area (Å²) in [5.74, 6) is -0.827. The third-order valence-corrected chi connectivity index (χ3v) is 7.98. The average Bonchev–Trinajstić information content (AvgIpc) is 3.09. The Kier molecular flexibility index (Phi) is 6.95. The van der Waals surface area contributed by atoms with E-state index in [4.69, 9.17) is 4.74 Å². The molecule has 3 rings (SSSR count). The maximum atomic E-state index is 13.1. The quantitative estimate of drug-likeness (QED) is 0.700. The van der Waals surface area contributed by atoms with Crippen molar-refractivity contribution in [1.29, 1.82) is 0 Å². The molecule has 1 aromatic carbocycles. The number of benzene rings is 1. The van der Waals surface area contributed by atoms with Crippen molar-refractivity contribution in [3.63, 3.8) is 0 Å². The molecule has 2 amide bonds. The van der Waals surface area contributed by atoms with Crippen molar-refractivity contribution in [3.05, 3.63) is 35.6 Å². The number of thioether (sulfide) groups is 1. The number of nitrogens with zero attached hydrogens (tertiary/aromatic N) is 2. The number of ether oxygens (including phenoxy) is 1. The molecule has 0 spiro atoms. The fraction of sp³-hybridized carbons (Fsp3) is 0.550. The molecule has 8 nitrogen and oxygen atoms in total. The lowest BCUT2D eigenvalue weighted by molar-refractivity contribution is -0.117. The van der Waals surface area contributed by atoms with E-state index in [1.807, 2.05) is 4.90 Å². The van der Waals surface area contributed by atoms with E-state index in [1.54, 1.807) is 32.9 Å². The molecule has 0 bridgehead atoms. The van der Waals surface area contributed by atoms with Gasteiger partial charge in [0, 0.05) is 11.8 Å². The van der Waals surface area contributed by atoms with Crippen LogP contribution < -0.4 is 5.32 Å². The molecule has 2 atom stereocenters.